The van der Waals surface area contributed by atoms with Crippen molar-refractivity contribution in [3.05, 3.63) is 11.5 Å². The predicted molar refractivity (Wildman–Crippen MR) is 98.3 cm³/mol. The minimum absolute atomic E-state index is 0.203. The van der Waals surface area contributed by atoms with Crippen molar-refractivity contribution in [1.29, 1.82) is 0 Å². The highest BCUT2D eigenvalue weighted by molar-refractivity contribution is 5.99. The van der Waals surface area contributed by atoms with E-state index in [1.165, 1.54) is 19.3 Å². The summed E-state index contributed by atoms with van der Waals surface area (Å²) in [7, 11) is 0. The zero-order valence-corrected chi connectivity index (χ0v) is 16.7. The van der Waals surface area contributed by atoms with E-state index in [9.17, 15) is 9.59 Å². The maximum absolute atomic E-state index is 12.2. The van der Waals surface area contributed by atoms with Crippen LogP contribution in [0.4, 0.5) is 0 Å². The van der Waals surface area contributed by atoms with E-state index >= 15 is 0 Å². The quantitative estimate of drug-likeness (QED) is 0.230. The molecule has 150 valence electrons. The third-order valence-corrected chi connectivity index (χ3v) is 4.27. The molecular weight excluding hydrogens is 336 g/mol. The molecule has 0 aliphatic carbocycles. The number of carbonyl (C=O) groups excluding carboxylic acids is 2. The largest absolute Gasteiger partial charge is 0.460 e. The molecule has 0 atom stereocenters. The Morgan fingerprint density at radius 3 is 1.96 bits per heavy atom. The lowest BCUT2D eigenvalue weighted by molar-refractivity contribution is -0.0575. The molecule has 0 saturated carbocycles. The van der Waals surface area contributed by atoms with Gasteiger partial charge in [-0.3, -0.25) is 9.15 Å². The normalized spacial score (nSPS) is 11.5. The summed E-state index contributed by atoms with van der Waals surface area (Å²) >= 11 is 0. The molecule has 26 heavy (non-hydrogen) atoms. The summed E-state index contributed by atoms with van der Waals surface area (Å²) < 4.78 is 19.9. The third kappa shape index (κ3) is 8.11. The van der Waals surface area contributed by atoms with Gasteiger partial charge in [0.25, 0.3) is 0 Å². The van der Waals surface area contributed by atoms with E-state index in [4.69, 9.17) is 9.47 Å². The summed E-state index contributed by atoms with van der Waals surface area (Å²) in [5, 5.41) is 0. The van der Waals surface area contributed by atoms with Crippen LogP contribution in [0.3, 0.4) is 0 Å². The molecule has 0 radical (unpaired) electrons. The molecule has 0 fully saturated rings. The fraction of sp³-hybridized carbons (Fsp3) is 0.800. The fourth-order valence-corrected chi connectivity index (χ4v) is 2.64. The van der Waals surface area contributed by atoms with Gasteiger partial charge in [-0.1, -0.05) is 58.8 Å². The number of esters is 2. The van der Waals surface area contributed by atoms with Crippen molar-refractivity contribution in [2.45, 2.75) is 97.5 Å². The molecule has 1 rings (SSSR count). The highest BCUT2D eigenvalue weighted by atomic mass is 17.0. The van der Waals surface area contributed by atoms with Gasteiger partial charge >= 0.3 is 23.5 Å². The van der Waals surface area contributed by atoms with Gasteiger partial charge in [-0.05, 0) is 33.1 Å². The lowest BCUT2D eigenvalue weighted by Crippen LogP contribution is -2.29. The number of ether oxygens (including phenoxy) is 2. The first-order valence-corrected chi connectivity index (χ1v) is 9.90. The molecule has 0 aliphatic heterocycles. The minimum atomic E-state index is -0.690. The summed E-state index contributed by atoms with van der Waals surface area (Å²) in [5.41, 5.74) is -0.619. The summed E-state index contributed by atoms with van der Waals surface area (Å²) in [5.74, 6) is -1.78. The van der Waals surface area contributed by atoms with E-state index in [0.717, 1.165) is 44.9 Å². The molecule has 0 saturated heterocycles. The topological polar surface area (TPSA) is 78.9 Å². The number of carbonyl (C=O) groups is 2. The summed E-state index contributed by atoms with van der Waals surface area (Å²) in [6.07, 6.45) is 10.5. The van der Waals surface area contributed by atoms with E-state index in [1.54, 1.807) is 0 Å². The Kier molecular flexibility index (Phi) is 10.1. The number of hydrogen-bond donors (Lipinski definition) is 0. The van der Waals surface area contributed by atoms with Gasteiger partial charge in [0, 0.05) is 0 Å². The number of hydrogen-bond acceptors (Lipinski definition) is 6. The van der Waals surface area contributed by atoms with E-state index in [2.05, 4.69) is 23.0 Å². The van der Waals surface area contributed by atoms with E-state index in [-0.39, 0.29) is 11.5 Å². The van der Waals surface area contributed by atoms with Crippen molar-refractivity contribution in [2.75, 3.05) is 6.61 Å². The maximum Gasteiger partial charge on any atom is 0.384 e. The Morgan fingerprint density at radius 1 is 0.808 bits per heavy atom. The van der Waals surface area contributed by atoms with Crippen LogP contribution in [-0.2, 0) is 9.47 Å². The van der Waals surface area contributed by atoms with Gasteiger partial charge in [0.05, 0.1) is 6.61 Å². The Bertz CT molecular complexity index is 525. The van der Waals surface area contributed by atoms with Gasteiger partial charge in [-0.15, -0.1) is 0 Å². The standard InChI is InChI=1S/C20H34O6/c1-5-7-9-10-11-13-15-23-18(21)16-17(26-25-16)19(22)24-20(3,4)14-12-8-6-2/h5-15H2,1-4H3. The molecule has 1 heterocycles. The molecule has 0 bridgehead atoms. The van der Waals surface area contributed by atoms with Gasteiger partial charge in [-0.25, -0.2) is 9.59 Å². The first-order valence-electron chi connectivity index (χ1n) is 9.90. The average molecular weight is 370 g/mol. The molecule has 1 aromatic rings. The highest BCUT2D eigenvalue weighted by Gasteiger charge is 2.35. The lowest BCUT2D eigenvalue weighted by Gasteiger charge is -2.24. The second-order valence-corrected chi connectivity index (χ2v) is 7.33. The molecule has 0 N–H and O–H groups in total. The van der Waals surface area contributed by atoms with Gasteiger partial charge in [0.2, 0.25) is 0 Å². The van der Waals surface area contributed by atoms with Crippen LogP contribution in [0.2, 0.25) is 0 Å². The average Bonchev–Trinajstić information content (AvgIpc) is 2.52. The summed E-state index contributed by atoms with van der Waals surface area (Å²) in [6.45, 7) is 8.29. The Morgan fingerprint density at radius 2 is 1.35 bits per heavy atom. The van der Waals surface area contributed by atoms with Crippen LogP contribution in [0, 0.1) is 0 Å². The van der Waals surface area contributed by atoms with Crippen molar-refractivity contribution in [3.8, 4) is 0 Å². The van der Waals surface area contributed by atoms with Crippen molar-refractivity contribution in [3.63, 3.8) is 0 Å². The lowest BCUT2D eigenvalue weighted by atomic mass is 10.0. The molecule has 0 unspecified atom stereocenters. The van der Waals surface area contributed by atoms with E-state index in [0.29, 0.717) is 6.61 Å². The fourth-order valence-electron chi connectivity index (χ4n) is 2.64. The summed E-state index contributed by atoms with van der Waals surface area (Å²) in [4.78, 5) is 24.1. The van der Waals surface area contributed by atoms with Crippen LogP contribution in [0.15, 0.2) is 9.15 Å². The molecule has 0 spiro atoms. The van der Waals surface area contributed by atoms with Gasteiger partial charge in [-0.2, -0.15) is 0 Å². The van der Waals surface area contributed by atoms with Crippen LogP contribution in [0.5, 0.6) is 0 Å². The molecular formula is C20H34O6. The highest BCUT2D eigenvalue weighted by Crippen LogP contribution is 2.23. The number of unbranched alkanes of at least 4 members (excludes halogenated alkanes) is 7. The molecule has 0 aliphatic rings. The second-order valence-electron chi connectivity index (χ2n) is 7.33. The smallest absolute Gasteiger partial charge is 0.384 e. The SMILES string of the molecule is CCCCCCCCOC(=O)c1ooc1C(=O)OC(C)(C)CCCCC. The molecule has 0 aromatic carbocycles. The summed E-state index contributed by atoms with van der Waals surface area (Å²) in [6, 6.07) is 0. The molecule has 6 heteroatoms. The Balaban J connectivity index is 2.35. The Labute approximate surface area is 156 Å². The van der Waals surface area contributed by atoms with Crippen LogP contribution in [0.1, 0.15) is 113 Å². The number of rotatable bonds is 14. The second kappa shape index (κ2) is 11.8. The van der Waals surface area contributed by atoms with Gasteiger partial charge < -0.3 is 9.47 Å². The zero-order valence-electron chi connectivity index (χ0n) is 16.7. The Hall–Kier alpha value is -1.72. The third-order valence-electron chi connectivity index (χ3n) is 4.27. The van der Waals surface area contributed by atoms with Gasteiger partial charge in [0.1, 0.15) is 5.60 Å². The predicted octanol–water partition coefficient (Wildman–Crippen LogP) is 5.91. The first-order chi connectivity index (χ1) is 12.4. The first kappa shape index (κ1) is 22.3. The van der Waals surface area contributed by atoms with Crippen LogP contribution in [-0.4, -0.2) is 24.1 Å². The zero-order chi connectivity index (χ0) is 19.4. The molecule has 0 amide bonds. The van der Waals surface area contributed by atoms with E-state index < -0.39 is 17.5 Å². The minimum Gasteiger partial charge on any atom is -0.460 e. The van der Waals surface area contributed by atoms with Crippen LogP contribution < -0.4 is 0 Å². The molecule has 1 aromatic heterocycles. The maximum atomic E-state index is 12.2. The van der Waals surface area contributed by atoms with Crippen molar-refractivity contribution < 1.29 is 28.2 Å². The monoisotopic (exact) mass is 370 g/mol. The molecule has 6 nitrogen and oxygen atoms in total. The van der Waals surface area contributed by atoms with Crippen molar-refractivity contribution >= 4 is 11.9 Å². The van der Waals surface area contributed by atoms with Crippen LogP contribution in [0.25, 0.3) is 0 Å². The van der Waals surface area contributed by atoms with Crippen LogP contribution >= 0.6 is 0 Å². The van der Waals surface area contributed by atoms with Gasteiger partial charge in [0.15, 0.2) is 0 Å². The van der Waals surface area contributed by atoms with Crippen molar-refractivity contribution in [1.82, 2.24) is 0 Å². The van der Waals surface area contributed by atoms with Crippen molar-refractivity contribution in [2.24, 2.45) is 0 Å². The van der Waals surface area contributed by atoms with E-state index in [1.807, 2.05) is 13.8 Å².